The Labute approximate surface area is 156 Å². The Morgan fingerprint density at radius 1 is 1.30 bits per heavy atom. The molecule has 1 atom stereocenters. The summed E-state index contributed by atoms with van der Waals surface area (Å²) in [5, 5.41) is 16.3. The summed E-state index contributed by atoms with van der Waals surface area (Å²) < 4.78 is 5.50. The molecule has 0 saturated carbocycles. The van der Waals surface area contributed by atoms with Gasteiger partial charge >= 0.3 is 6.03 Å². The second-order valence-corrected chi connectivity index (χ2v) is 6.77. The van der Waals surface area contributed by atoms with E-state index in [9.17, 15) is 19.7 Å². The van der Waals surface area contributed by atoms with Gasteiger partial charge < -0.3 is 20.3 Å². The minimum atomic E-state index is -0.626. The highest BCUT2D eigenvalue weighted by atomic mass is 16.6. The van der Waals surface area contributed by atoms with E-state index >= 15 is 0 Å². The van der Waals surface area contributed by atoms with Gasteiger partial charge in [-0.05, 0) is 38.0 Å². The normalized spacial score (nSPS) is 19.2. The molecule has 1 aromatic carbocycles. The summed E-state index contributed by atoms with van der Waals surface area (Å²) in [5.74, 6) is -0.148. The predicted molar refractivity (Wildman–Crippen MR) is 96.8 cm³/mol. The number of nitro benzene ring substituents is 1. The van der Waals surface area contributed by atoms with Crippen LogP contribution in [0.1, 0.15) is 31.9 Å². The first-order valence-corrected chi connectivity index (χ1v) is 8.82. The summed E-state index contributed by atoms with van der Waals surface area (Å²) in [6, 6.07) is 4.83. The van der Waals surface area contributed by atoms with Crippen molar-refractivity contribution in [2.75, 3.05) is 19.7 Å². The summed E-state index contributed by atoms with van der Waals surface area (Å²) in [6.07, 6.45) is 0.842. The van der Waals surface area contributed by atoms with Crippen LogP contribution in [-0.4, -0.2) is 47.6 Å². The Balaban J connectivity index is 1.75. The van der Waals surface area contributed by atoms with E-state index in [1.807, 2.05) is 13.8 Å². The molecule has 1 unspecified atom stereocenters. The monoisotopic (exact) mass is 374 g/mol. The van der Waals surface area contributed by atoms with Crippen molar-refractivity contribution in [2.24, 2.45) is 0 Å². The first kappa shape index (κ1) is 18.8. The van der Waals surface area contributed by atoms with Crippen molar-refractivity contribution in [3.05, 3.63) is 51.2 Å². The molecule has 0 saturated heterocycles. The number of non-ortho nitro benzene ring substituents is 1. The lowest BCUT2D eigenvalue weighted by atomic mass is 9.96. The van der Waals surface area contributed by atoms with Crippen LogP contribution in [0.2, 0.25) is 0 Å². The highest BCUT2D eigenvalue weighted by molar-refractivity contribution is 6.01. The average molecular weight is 374 g/mol. The molecular weight excluding hydrogens is 352 g/mol. The number of ether oxygens (including phenoxy) is 1. The molecule has 0 fully saturated rings. The SMILES string of the molecule is CC(C)OCCCN1CC2=C(C1=O)C(c1ccc([N+](=O)[O-])cc1)NC(=O)N2. The van der Waals surface area contributed by atoms with Crippen molar-refractivity contribution in [3.63, 3.8) is 0 Å². The third-order valence-corrected chi connectivity index (χ3v) is 4.48. The maximum atomic E-state index is 12.9. The Morgan fingerprint density at radius 2 is 2.00 bits per heavy atom. The number of hydrogen-bond acceptors (Lipinski definition) is 5. The minimum absolute atomic E-state index is 0.0438. The summed E-state index contributed by atoms with van der Waals surface area (Å²) >= 11 is 0. The number of nitro groups is 1. The van der Waals surface area contributed by atoms with Crippen LogP contribution < -0.4 is 10.6 Å². The van der Waals surface area contributed by atoms with Crippen LogP contribution in [-0.2, 0) is 9.53 Å². The van der Waals surface area contributed by atoms with E-state index in [0.717, 1.165) is 0 Å². The van der Waals surface area contributed by atoms with Gasteiger partial charge in [-0.15, -0.1) is 0 Å². The molecule has 2 N–H and O–H groups in total. The minimum Gasteiger partial charge on any atom is -0.379 e. The van der Waals surface area contributed by atoms with Gasteiger partial charge in [0.1, 0.15) is 0 Å². The highest BCUT2D eigenvalue weighted by Crippen LogP contribution is 2.33. The Kier molecular flexibility index (Phi) is 5.41. The topological polar surface area (TPSA) is 114 Å². The van der Waals surface area contributed by atoms with Crippen LogP contribution in [0, 0.1) is 10.1 Å². The fourth-order valence-electron chi connectivity index (χ4n) is 3.22. The third-order valence-electron chi connectivity index (χ3n) is 4.48. The molecule has 2 aliphatic rings. The second-order valence-electron chi connectivity index (χ2n) is 6.77. The van der Waals surface area contributed by atoms with Gasteiger partial charge in [0.2, 0.25) is 0 Å². The van der Waals surface area contributed by atoms with E-state index in [2.05, 4.69) is 10.6 Å². The molecule has 2 aliphatic heterocycles. The standard InChI is InChI=1S/C18H22N4O5/c1-11(2)27-9-3-8-21-10-14-15(17(21)23)16(20-18(24)19-14)12-4-6-13(7-5-12)22(25)26/h4-7,11,16H,3,8-10H2,1-2H3,(H2,19,20,24). The number of carbonyl (C=O) groups is 2. The van der Waals surface area contributed by atoms with Crippen molar-refractivity contribution < 1.29 is 19.2 Å². The van der Waals surface area contributed by atoms with Gasteiger partial charge in [0.05, 0.1) is 34.9 Å². The summed E-state index contributed by atoms with van der Waals surface area (Å²) in [7, 11) is 0. The molecule has 0 radical (unpaired) electrons. The smallest absolute Gasteiger partial charge is 0.319 e. The van der Waals surface area contributed by atoms with Crippen LogP contribution in [0.3, 0.4) is 0 Å². The van der Waals surface area contributed by atoms with Gasteiger partial charge in [0.15, 0.2) is 0 Å². The highest BCUT2D eigenvalue weighted by Gasteiger charge is 2.40. The van der Waals surface area contributed by atoms with E-state index in [1.165, 1.54) is 12.1 Å². The number of carbonyl (C=O) groups excluding carboxylic acids is 2. The quantitative estimate of drug-likeness (QED) is 0.430. The number of rotatable bonds is 7. The van der Waals surface area contributed by atoms with Crippen molar-refractivity contribution in [2.45, 2.75) is 32.4 Å². The van der Waals surface area contributed by atoms with Gasteiger partial charge in [-0.2, -0.15) is 0 Å². The van der Waals surface area contributed by atoms with Crippen molar-refractivity contribution in [3.8, 4) is 0 Å². The molecular formula is C18H22N4O5. The van der Waals surface area contributed by atoms with Gasteiger partial charge in [-0.3, -0.25) is 14.9 Å². The first-order valence-electron chi connectivity index (χ1n) is 8.82. The Bertz CT molecular complexity index is 787. The number of hydrogen-bond donors (Lipinski definition) is 2. The first-order chi connectivity index (χ1) is 12.9. The molecule has 3 rings (SSSR count). The van der Waals surface area contributed by atoms with Gasteiger partial charge in [-0.1, -0.05) is 0 Å². The second kappa shape index (κ2) is 7.75. The van der Waals surface area contributed by atoms with E-state index in [0.29, 0.717) is 43.0 Å². The van der Waals surface area contributed by atoms with E-state index in [-0.39, 0.29) is 17.7 Å². The molecule has 0 aromatic heterocycles. The van der Waals surface area contributed by atoms with E-state index in [1.54, 1.807) is 17.0 Å². The van der Waals surface area contributed by atoms with Crippen LogP contribution in [0.5, 0.6) is 0 Å². The maximum Gasteiger partial charge on any atom is 0.319 e. The molecule has 144 valence electrons. The zero-order valence-corrected chi connectivity index (χ0v) is 15.2. The summed E-state index contributed by atoms with van der Waals surface area (Å²) in [4.78, 5) is 36.9. The largest absolute Gasteiger partial charge is 0.379 e. The fraction of sp³-hybridized carbons (Fsp3) is 0.444. The molecule has 0 bridgehead atoms. The van der Waals surface area contributed by atoms with E-state index < -0.39 is 17.0 Å². The molecule has 9 nitrogen and oxygen atoms in total. The number of urea groups is 1. The third kappa shape index (κ3) is 4.08. The van der Waals surface area contributed by atoms with Crippen LogP contribution in [0.4, 0.5) is 10.5 Å². The number of benzene rings is 1. The molecule has 27 heavy (non-hydrogen) atoms. The predicted octanol–water partition coefficient (Wildman–Crippen LogP) is 1.86. The molecule has 9 heteroatoms. The van der Waals surface area contributed by atoms with Gasteiger partial charge in [-0.25, -0.2) is 4.79 Å². The molecule has 3 amide bonds. The van der Waals surface area contributed by atoms with Crippen LogP contribution in [0.15, 0.2) is 35.5 Å². The zero-order valence-electron chi connectivity index (χ0n) is 15.2. The lowest BCUT2D eigenvalue weighted by Crippen LogP contribution is -2.44. The number of amides is 3. The average Bonchev–Trinajstić information content (AvgIpc) is 2.93. The van der Waals surface area contributed by atoms with Crippen molar-refractivity contribution in [1.82, 2.24) is 15.5 Å². The lowest BCUT2D eigenvalue weighted by Gasteiger charge is -2.25. The molecule has 0 spiro atoms. The maximum absolute atomic E-state index is 12.9. The number of nitrogens with zero attached hydrogens (tertiary/aromatic N) is 2. The van der Waals surface area contributed by atoms with Crippen molar-refractivity contribution in [1.29, 1.82) is 0 Å². The number of nitrogens with one attached hydrogen (secondary N) is 2. The molecule has 0 aliphatic carbocycles. The summed E-state index contributed by atoms with van der Waals surface area (Å²) in [6.45, 7) is 5.34. The van der Waals surface area contributed by atoms with Gasteiger partial charge in [0, 0.05) is 25.3 Å². The molecule has 1 aromatic rings. The van der Waals surface area contributed by atoms with Crippen LogP contribution >= 0.6 is 0 Å². The molecule has 2 heterocycles. The summed E-state index contributed by atoms with van der Waals surface area (Å²) in [5.41, 5.74) is 1.64. The Morgan fingerprint density at radius 3 is 2.63 bits per heavy atom. The van der Waals surface area contributed by atoms with E-state index in [4.69, 9.17) is 4.74 Å². The van der Waals surface area contributed by atoms with Crippen molar-refractivity contribution >= 4 is 17.6 Å². The lowest BCUT2D eigenvalue weighted by molar-refractivity contribution is -0.384. The van der Waals surface area contributed by atoms with Crippen LogP contribution in [0.25, 0.3) is 0 Å². The van der Waals surface area contributed by atoms with Gasteiger partial charge in [0.25, 0.3) is 11.6 Å². The fourth-order valence-corrected chi connectivity index (χ4v) is 3.22. The Hall–Kier alpha value is -2.94. The zero-order chi connectivity index (χ0) is 19.6.